The molecule has 1 atom stereocenters. The van der Waals surface area contributed by atoms with Gasteiger partial charge in [0.25, 0.3) is 0 Å². The van der Waals surface area contributed by atoms with Gasteiger partial charge in [0, 0.05) is 32.1 Å². The van der Waals surface area contributed by atoms with Crippen molar-refractivity contribution < 1.29 is 0 Å². The largest absolute Gasteiger partial charge is 0.357 e. The van der Waals surface area contributed by atoms with E-state index in [4.69, 9.17) is 4.99 Å². The van der Waals surface area contributed by atoms with Gasteiger partial charge in [-0.05, 0) is 38.8 Å². The maximum absolute atomic E-state index is 4.85. The summed E-state index contributed by atoms with van der Waals surface area (Å²) in [6.07, 6.45) is 5.35. The van der Waals surface area contributed by atoms with E-state index in [2.05, 4.69) is 58.0 Å². The first-order valence-corrected chi connectivity index (χ1v) is 9.78. The quantitative estimate of drug-likeness (QED) is 0.324. The molecule has 0 radical (unpaired) electrons. The Morgan fingerprint density at radius 3 is 2.58 bits per heavy atom. The normalized spacial score (nSPS) is 16.6. The van der Waals surface area contributed by atoms with Crippen LogP contribution in [-0.4, -0.2) is 64.4 Å². The van der Waals surface area contributed by atoms with Crippen molar-refractivity contribution in [2.75, 3.05) is 32.7 Å². The van der Waals surface area contributed by atoms with Crippen LogP contribution in [0.3, 0.4) is 0 Å². The van der Waals surface area contributed by atoms with Crippen LogP contribution in [0.15, 0.2) is 11.3 Å². The first kappa shape index (κ1) is 23.1. The molecule has 2 N–H and O–H groups in total. The summed E-state index contributed by atoms with van der Waals surface area (Å²) in [6, 6.07) is 0.530. The molecule has 0 bridgehead atoms. The predicted octanol–water partition coefficient (Wildman–Crippen LogP) is 2.13. The minimum absolute atomic E-state index is 0. The number of hydrogen-bond donors (Lipinski definition) is 2. The summed E-state index contributed by atoms with van der Waals surface area (Å²) in [5, 5.41) is 14.9. The average Bonchev–Trinajstić information content (AvgIpc) is 3.26. The molecule has 2 rings (SSSR count). The van der Waals surface area contributed by atoms with Crippen molar-refractivity contribution in [3.63, 3.8) is 0 Å². The average molecular weight is 477 g/mol. The van der Waals surface area contributed by atoms with Crippen LogP contribution < -0.4 is 10.6 Å². The zero-order chi connectivity index (χ0) is 18.1. The molecular formula is C18H36IN7. The van der Waals surface area contributed by atoms with Gasteiger partial charge in [0.2, 0.25) is 0 Å². The number of likely N-dealkylation sites (tertiary alicyclic amines) is 1. The minimum Gasteiger partial charge on any atom is -0.357 e. The van der Waals surface area contributed by atoms with E-state index < -0.39 is 0 Å². The second-order valence-corrected chi connectivity index (χ2v) is 6.99. The Bertz CT molecular complexity index is 523. The molecule has 0 aromatic carbocycles. The Balaban J connectivity index is 0.00000338. The predicted molar refractivity (Wildman–Crippen MR) is 118 cm³/mol. The van der Waals surface area contributed by atoms with Gasteiger partial charge in [-0.3, -0.25) is 9.89 Å². The zero-order valence-corrected chi connectivity index (χ0v) is 19.1. The van der Waals surface area contributed by atoms with Gasteiger partial charge in [0.1, 0.15) is 12.2 Å². The first-order chi connectivity index (χ1) is 12.2. The molecule has 7 nitrogen and oxygen atoms in total. The van der Waals surface area contributed by atoms with Crippen LogP contribution in [0.2, 0.25) is 0 Å². The molecule has 1 aromatic heterocycles. The summed E-state index contributed by atoms with van der Waals surface area (Å²) in [5.41, 5.74) is 0. The van der Waals surface area contributed by atoms with Crippen molar-refractivity contribution in [1.82, 2.24) is 30.3 Å². The van der Waals surface area contributed by atoms with Crippen LogP contribution in [0.5, 0.6) is 0 Å². The fourth-order valence-corrected chi connectivity index (χ4v) is 3.38. The lowest BCUT2D eigenvalue weighted by atomic mass is 10.0. The van der Waals surface area contributed by atoms with Crippen molar-refractivity contribution in [3.05, 3.63) is 12.2 Å². The summed E-state index contributed by atoms with van der Waals surface area (Å²) >= 11 is 0. The third-order valence-electron chi connectivity index (χ3n) is 4.82. The van der Waals surface area contributed by atoms with E-state index in [1.165, 1.54) is 25.9 Å². The number of guanidine groups is 1. The molecule has 0 saturated carbocycles. The highest BCUT2D eigenvalue weighted by Gasteiger charge is 2.24. The van der Waals surface area contributed by atoms with Gasteiger partial charge in [-0.2, -0.15) is 0 Å². The number of aromatic nitrogens is 3. The molecule has 1 fully saturated rings. The molecule has 0 spiro atoms. The number of rotatable bonds is 9. The number of aliphatic imine (C=N–C) groups is 1. The molecule has 1 aliphatic heterocycles. The highest BCUT2D eigenvalue weighted by Crippen LogP contribution is 2.17. The molecule has 2 heterocycles. The Kier molecular flexibility index (Phi) is 11.1. The second-order valence-electron chi connectivity index (χ2n) is 6.99. The van der Waals surface area contributed by atoms with Crippen molar-refractivity contribution in [2.24, 2.45) is 10.9 Å². The number of hydrogen-bond acceptors (Lipinski definition) is 4. The Labute approximate surface area is 175 Å². The summed E-state index contributed by atoms with van der Waals surface area (Å²) in [4.78, 5) is 7.45. The second kappa shape index (κ2) is 12.5. The van der Waals surface area contributed by atoms with Gasteiger partial charge in [0.05, 0.1) is 6.54 Å². The number of aryl methyl sites for hydroxylation is 1. The van der Waals surface area contributed by atoms with E-state index in [-0.39, 0.29) is 24.0 Å². The van der Waals surface area contributed by atoms with Crippen molar-refractivity contribution in [2.45, 2.75) is 59.5 Å². The third-order valence-corrected chi connectivity index (χ3v) is 4.82. The van der Waals surface area contributed by atoms with Gasteiger partial charge in [-0.25, -0.2) is 0 Å². The lowest BCUT2D eigenvalue weighted by Gasteiger charge is -2.29. The van der Waals surface area contributed by atoms with Crippen LogP contribution >= 0.6 is 24.0 Å². The fraction of sp³-hybridized carbons (Fsp3) is 0.833. The van der Waals surface area contributed by atoms with Crippen LogP contribution in [0.4, 0.5) is 0 Å². The van der Waals surface area contributed by atoms with Gasteiger partial charge in [-0.15, -0.1) is 34.2 Å². The van der Waals surface area contributed by atoms with Crippen LogP contribution in [0.25, 0.3) is 0 Å². The van der Waals surface area contributed by atoms with Crippen LogP contribution in [0.1, 0.15) is 46.4 Å². The van der Waals surface area contributed by atoms with E-state index in [9.17, 15) is 0 Å². The highest BCUT2D eigenvalue weighted by atomic mass is 127. The SMILES string of the molecule is CCNC(=NCC(C(C)C)N1CCCC1)NCCn1cnnc1CC.I. The number of nitrogens with one attached hydrogen (secondary N) is 2. The van der Waals surface area contributed by atoms with Crippen LogP contribution in [-0.2, 0) is 13.0 Å². The van der Waals surface area contributed by atoms with Gasteiger partial charge >= 0.3 is 0 Å². The summed E-state index contributed by atoms with van der Waals surface area (Å²) in [6.45, 7) is 14.6. The van der Waals surface area contributed by atoms with E-state index in [1.807, 2.05) is 0 Å². The monoisotopic (exact) mass is 477 g/mol. The van der Waals surface area contributed by atoms with Crippen molar-refractivity contribution in [1.29, 1.82) is 0 Å². The number of halogens is 1. The molecular weight excluding hydrogens is 441 g/mol. The van der Waals surface area contributed by atoms with Crippen molar-refractivity contribution >= 4 is 29.9 Å². The minimum atomic E-state index is 0. The molecule has 150 valence electrons. The lowest BCUT2D eigenvalue weighted by molar-refractivity contribution is 0.197. The van der Waals surface area contributed by atoms with Crippen LogP contribution in [0, 0.1) is 5.92 Å². The molecule has 26 heavy (non-hydrogen) atoms. The molecule has 1 unspecified atom stereocenters. The maximum Gasteiger partial charge on any atom is 0.191 e. The summed E-state index contributed by atoms with van der Waals surface area (Å²) in [7, 11) is 0. The van der Waals surface area contributed by atoms with E-state index >= 15 is 0 Å². The summed E-state index contributed by atoms with van der Waals surface area (Å²) in [5.74, 6) is 2.55. The first-order valence-electron chi connectivity index (χ1n) is 9.78. The molecule has 0 amide bonds. The molecule has 0 aliphatic carbocycles. The third kappa shape index (κ3) is 7.02. The standard InChI is InChI=1S/C18H35N7.HI/c1-5-17-23-22-14-25(17)12-9-20-18(19-6-2)21-13-16(15(3)4)24-10-7-8-11-24;/h14-16H,5-13H2,1-4H3,(H2,19,20,21);1H. The van der Waals surface area contributed by atoms with Gasteiger partial charge in [0.15, 0.2) is 5.96 Å². The van der Waals surface area contributed by atoms with E-state index in [0.717, 1.165) is 44.4 Å². The Morgan fingerprint density at radius 2 is 1.96 bits per heavy atom. The van der Waals surface area contributed by atoms with Crippen molar-refractivity contribution in [3.8, 4) is 0 Å². The maximum atomic E-state index is 4.85. The lowest BCUT2D eigenvalue weighted by Crippen LogP contribution is -2.42. The highest BCUT2D eigenvalue weighted by molar-refractivity contribution is 14.0. The Morgan fingerprint density at radius 1 is 1.23 bits per heavy atom. The van der Waals surface area contributed by atoms with E-state index in [0.29, 0.717) is 12.0 Å². The number of nitrogens with zero attached hydrogens (tertiary/aromatic N) is 5. The van der Waals surface area contributed by atoms with E-state index in [1.54, 1.807) is 6.33 Å². The molecule has 1 saturated heterocycles. The topological polar surface area (TPSA) is 70.4 Å². The Hall–Kier alpha value is -0.900. The summed E-state index contributed by atoms with van der Waals surface area (Å²) < 4.78 is 2.09. The fourth-order valence-electron chi connectivity index (χ4n) is 3.38. The smallest absolute Gasteiger partial charge is 0.191 e. The van der Waals surface area contributed by atoms with Gasteiger partial charge in [-0.1, -0.05) is 20.8 Å². The molecule has 1 aliphatic rings. The zero-order valence-electron chi connectivity index (χ0n) is 16.7. The van der Waals surface area contributed by atoms with Gasteiger partial charge < -0.3 is 15.2 Å². The molecule has 1 aromatic rings. The molecule has 8 heteroatoms.